The molecule has 3 heteroatoms. The molecule has 0 unspecified atom stereocenters. The molecule has 0 aliphatic carbocycles. The van der Waals surface area contributed by atoms with Gasteiger partial charge in [-0.3, -0.25) is 4.79 Å². The van der Waals surface area contributed by atoms with Crippen LogP contribution in [0.3, 0.4) is 0 Å². The van der Waals surface area contributed by atoms with Crippen LogP contribution in [0.25, 0.3) is 21.7 Å². The van der Waals surface area contributed by atoms with Gasteiger partial charge in [-0.2, -0.15) is 0 Å². The van der Waals surface area contributed by atoms with E-state index in [4.69, 9.17) is 4.42 Å². The maximum absolute atomic E-state index is 11.8. The molecule has 0 radical (unpaired) electrons. The number of rotatable bonds is 0. The molecule has 0 fully saturated rings. The predicted octanol–water partition coefficient (Wildman–Crippen LogP) is 2.58. The van der Waals surface area contributed by atoms with Crippen LogP contribution >= 0.6 is 0 Å². The van der Waals surface area contributed by atoms with Crippen LogP contribution in [0.15, 0.2) is 39.7 Å². The van der Waals surface area contributed by atoms with Crippen LogP contribution in [0, 0.1) is 6.92 Å². The van der Waals surface area contributed by atoms with E-state index in [1.165, 1.54) is 0 Å². The highest BCUT2D eigenvalue weighted by Gasteiger charge is 2.09. The summed E-state index contributed by atoms with van der Waals surface area (Å²) in [4.78, 5) is 14.6. The Balaban J connectivity index is 2.71. The second-order valence-corrected chi connectivity index (χ2v) is 3.58. The Kier molecular flexibility index (Phi) is 1.51. The fraction of sp³-hybridized carbons (Fsp3) is 0.0833. The van der Waals surface area contributed by atoms with E-state index in [2.05, 4.69) is 4.98 Å². The third-order valence-corrected chi connectivity index (χ3v) is 2.67. The first-order valence-electron chi connectivity index (χ1n) is 4.76. The molecular weight excluding hydrogens is 190 g/mol. The normalized spacial score (nSPS) is 11.3. The van der Waals surface area contributed by atoms with Gasteiger partial charge in [-0.25, -0.2) is 0 Å². The number of hydrogen-bond donors (Lipinski definition) is 1. The molecule has 2 aromatic heterocycles. The number of H-pyrrole nitrogens is 1. The standard InChI is InChI=1S/C12H9NO2/c1-7-11-9(6-15-7)8-4-2-3-5-10(8)13-12(11)14/h2-6H,1H3,(H,13,14). The van der Waals surface area contributed by atoms with Crippen molar-refractivity contribution in [2.75, 3.05) is 0 Å². The van der Waals surface area contributed by atoms with Crippen LogP contribution in [0.1, 0.15) is 5.76 Å². The average Bonchev–Trinajstić information content (AvgIpc) is 2.62. The van der Waals surface area contributed by atoms with Crippen molar-refractivity contribution in [3.8, 4) is 0 Å². The second-order valence-electron chi connectivity index (χ2n) is 3.58. The van der Waals surface area contributed by atoms with Gasteiger partial charge in [0, 0.05) is 16.3 Å². The van der Waals surface area contributed by atoms with Crippen LogP contribution in [-0.2, 0) is 0 Å². The Labute approximate surface area is 85.3 Å². The van der Waals surface area contributed by atoms with Gasteiger partial charge in [0.2, 0.25) is 0 Å². The molecule has 0 amide bonds. The van der Waals surface area contributed by atoms with E-state index in [1.807, 2.05) is 24.3 Å². The number of aromatic amines is 1. The molecule has 15 heavy (non-hydrogen) atoms. The van der Waals surface area contributed by atoms with Gasteiger partial charge in [-0.1, -0.05) is 18.2 Å². The van der Waals surface area contributed by atoms with Crippen molar-refractivity contribution in [2.45, 2.75) is 6.92 Å². The molecule has 0 bridgehead atoms. The molecule has 0 atom stereocenters. The lowest BCUT2D eigenvalue weighted by molar-refractivity contribution is 0.539. The van der Waals surface area contributed by atoms with Gasteiger partial charge in [0.15, 0.2) is 0 Å². The largest absolute Gasteiger partial charge is 0.468 e. The highest BCUT2D eigenvalue weighted by atomic mass is 16.3. The zero-order valence-corrected chi connectivity index (χ0v) is 8.20. The minimum atomic E-state index is -0.0880. The molecule has 1 N–H and O–H groups in total. The molecule has 0 saturated heterocycles. The van der Waals surface area contributed by atoms with Crippen molar-refractivity contribution in [2.24, 2.45) is 0 Å². The monoisotopic (exact) mass is 199 g/mol. The first kappa shape index (κ1) is 8.29. The zero-order chi connectivity index (χ0) is 10.4. The topological polar surface area (TPSA) is 46.0 Å². The van der Waals surface area contributed by atoms with Gasteiger partial charge in [-0.15, -0.1) is 0 Å². The van der Waals surface area contributed by atoms with Crippen molar-refractivity contribution in [1.82, 2.24) is 4.98 Å². The Morgan fingerprint density at radius 2 is 2.00 bits per heavy atom. The van der Waals surface area contributed by atoms with E-state index in [1.54, 1.807) is 13.2 Å². The van der Waals surface area contributed by atoms with Crippen LogP contribution in [0.4, 0.5) is 0 Å². The van der Waals surface area contributed by atoms with Crippen LogP contribution in [0.5, 0.6) is 0 Å². The Morgan fingerprint density at radius 3 is 2.87 bits per heavy atom. The Hall–Kier alpha value is -2.03. The molecule has 2 heterocycles. The summed E-state index contributed by atoms with van der Waals surface area (Å²) in [5.74, 6) is 0.664. The first-order valence-corrected chi connectivity index (χ1v) is 4.76. The SMILES string of the molecule is Cc1occ2c1c(=O)[nH]c1ccccc12. The summed E-state index contributed by atoms with van der Waals surface area (Å²) in [7, 11) is 0. The molecular formula is C12H9NO2. The number of fused-ring (bicyclic) bond motifs is 3. The molecule has 0 aliphatic heterocycles. The lowest BCUT2D eigenvalue weighted by Gasteiger charge is -1.97. The number of para-hydroxylation sites is 1. The number of benzene rings is 1. The van der Waals surface area contributed by atoms with E-state index in [-0.39, 0.29) is 5.56 Å². The van der Waals surface area contributed by atoms with Crippen molar-refractivity contribution in [3.63, 3.8) is 0 Å². The van der Waals surface area contributed by atoms with E-state index >= 15 is 0 Å². The summed E-state index contributed by atoms with van der Waals surface area (Å²) >= 11 is 0. The van der Waals surface area contributed by atoms with Crippen molar-refractivity contribution >= 4 is 21.7 Å². The smallest absolute Gasteiger partial charge is 0.259 e. The molecule has 0 aliphatic rings. The predicted molar refractivity (Wildman–Crippen MR) is 59.1 cm³/mol. The fourth-order valence-electron chi connectivity index (χ4n) is 1.95. The highest BCUT2D eigenvalue weighted by Crippen LogP contribution is 2.24. The molecule has 3 rings (SSSR count). The van der Waals surface area contributed by atoms with Crippen LogP contribution in [-0.4, -0.2) is 4.98 Å². The molecule has 3 nitrogen and oxygen atoms in total. The zero-order valence-electron chi connectivity index (χ0n) is 8.20. The third-order valence-electron chi connectivity index (χ3n) is 2.67. The van der Waals surface area contributed by atoms with Crippen molar-refractivity contribution < 1.29 is 4.42 Å². The lowest BCUT2D eigenvalue weighted by atomic mass is 10.1. The average molecular weight is 199 g/mol. The van der Waals surface area contributed by atoms with Gasteiger partial charge >= 0.3 is 0 Å². The molecule has 3 aromatic rings. The lowest BCUT2D eigenvalue weighted by Crippen LogP contribution is -2.05. The summed E-state index contributed by atoms with van der Waals surface area (Å²) in [5, 5.41) is 2.55. The van der Waals surface area contributed by atoms with Gasteiger partial charge in [0.05, 0.1) is 11.6 Å². The Bertz CT molecular complexity index is 706. The maximum Gasteiger partial charge on any atom is 0.259 e. The second kappa shape index (κ2) is 2.73. The van der Waals surface area contributed by atoms with Gasteiger partial charge in [0.1, 0.15) is 5.76 Å². The summed E-state index contributed by atoms with van der Waals surface area (Å²) in [6.07, 6.45) is 1.64. The number of hydrogen-bond acceptors (Lipinski definition) is 2. The summed E-state index contributed by atoms with van der Waals surface area (Å²) in [6, 6.07) is 7.71. The van der Waals surface area contributed by atoms with E-state index in [0.29, 0.717) is 11.1 Å². The van der Waals surface area contributed by atoms with Crippen LogP contribution < -0.4 is 5.56 Å². The van der Waals surface area contributed by atoms with Gasteiger partial charge < -0.3 is 9.40 Å². The summed E-state index contributed by atoms with van der Waals surface area (Å²) in [5.41, 5.74) is 0.755. The number of furan rings is 1. The van der Waals surface area contributed by atoms with E-state index < -0.39 is 0 Å². The maximum atomic E-state index is 11.8. The summed E-state index contributed by atoms with van der Waals surface area (Å²) < 4.78 is 5.28. The van der Waals surface area contributed by atoms with Gasteiger partial charge in [-0.05, 0) is 13.0 Å². The van der Waals surface area contributed by atoms with Crippen molar-refractivity contribution in [3.05, 3.63) is 46.6 Å². The quantitative estimate of drug-likeness (QED) is 0.604. The molecule has 1 aromatic carbocycles. The third kappa shape index (κ3) is 1.03. The van der Waals surface area contributed by atoms with Gasteiger partial charge in [0.25, 0.3) is 5.56 Å². The Morgan fingerprint density at radius 1 is 1.20 bits per heavy atom. The fourth-order valence-corrected chi connectivity index (χ4v) is 1.95. The molecule has 0 saturated carbocycles. The highest BCUT2D eigenvalue weighted by molar-refractivity contribution is 6.05. The minimum absolute atomic E-state index is 0.0880. The van der Waals surface area contributed by atoms with E-state index in [0.717, 1.165) is 16.3 Å². The van der Waals surface area contributed by atoms with E-state index in [9.17, 15) is 4.79 Å². The van der Waals surface area contributed by atoms with Crippen molar-refractivity contribution in [1.29, 1.82) is 0 Å². The molecule has 0 spiro atoms. The summed E-state index contributed by atoms with van der Waals surface area (Å²) in [6.45, 7) is 1.80. The number of aryl methyl sites for hydroxylation is 1. The van der Waals surface area contributed by atoms with Crippen LogP contribution in [0.2, 0.25) is 0 Å². The number of aromatic nitrogens is 1. The molecule has 74 valence electrons. The number of nitrogens with one attached hydrogen (secondary N) is 1. The minimum Gasteiger partial charge on any atom is -0.468 e. The number of pyridine rings is 1. The first-order chi connectivity index (χ1) is 7.27.